The van der Waals surface area contributed by atoms with Crippen molar-refractivity contribution in [2.24, 2.45) is 0 Å². The molecule has 1 aromatic carbocycles. The van der Waals surface area contributed by atoms with Crippen LogP contribution < -0.4 is 0 Å². The molecule has 8 nitrogen and oxygen atoms in total. The fourth-order valence-electron chi connectivity index (χ4n) is 3.42. The Kier molecular flexibility index (Phi) is 4.23. The first-order valence-electron chi connectivity index (χ1n) is 8.71. The minimum atomic E-state index is -0.440. The van der Waals surface area contributed by atoms with Gasteiger partial charge in [0, 0.05) is 38.6 Å². The molecule has 0 bridgehead atoms. The van der Waals surface area contributed by atoms with Crippen LogP contribution in [0.2, 0.25) is 0 Å². The number of hydrogen-bond donors (Lipinski definition) is 1. The number of nitrogens with one attached hydrogen (secondary N) is 1. The van der Waals surface area contributed by atoms with Crippen molar-refractivity contribution in [2.45, 2.75) is 0 Å². The monoisotopic (exact) mass is 366 g/mol. The van der Waals surface area contributed by atoms with Crippen molar-refractivity contribution in [2.75, 3.05) is 32.7 Å². The largest absolute Gasteiger partial charge is 0.367 e. The highest BCUT2D eigenvalue weighted by atomic mass is 16.2. The smallest absolute Gasteiger partial charge is 0.262 e. The van der Waals surface area contributed by atoms with Gasteiger partial charge in [-0.1, -0.05) is 12.1 Å². The van der Waals surface area contributed by atoms with Gasteiger partial charge < -0.3 is 14.8 Å². The highest BCUT2D eigenvalue weighted by molar-refractivity contribution is 6.22. The average Bonchev–Trinajstić information content (AvgIpc) is 3.32. The third-order valence-corrected chi connectivity index (χ3v) is 4.94. The van der Waals surface area contributed by atoms with Crippen molar-refractivity contribution in [3.63, 3.8) is 0 Å². The number of rotatable bonds is 3. The number of hydrogen-bond acceptors (Lipinski definition) is 4. The Hall–Kier alpha value is -3.42. The van der Waals surface area contributed by atoms with Crippen molar-refractivity contribution in [3.8, 4) is 0 Å². The Balaban J connectivity index is 1.36. The Labute approximate surface area is 155 Å². The zero-order valence-corrected chi connectivity index (χ0v) is 14.6. The topological polar surface area (TPSA) is 93.8 Å². The zero-order chi connectivity index (χ0) is 19.0. The van der Waals surface area contributed by atoms with E-state index in [0.29, 0.717) is 42.9 Å². The Morgan fingerprint density at radius 1 is 0.889 bits per heavy atom. The molecule has 138 valence electrons. The number of benzene rings is 1. The van der Waals surface area contributed by atoms with E-state index >= 15 is 0 Å². The standard InChI is InChI=1S/C19H18N4O4/c24-16(12-23-18(26)14-3-1-2-4-15(14)19(23)27)21-7-9-22(10-8-21)17(25)13-5-6-20-11-13/h1-6,11,20H,7-10,12H2. The quantitative estimate of drug-likeness (QED) is 0.805. The molecule has 0 unspecified atom stereocenters. The van der Waals surface area contributed by atoms with Crippen LogP contribution in [0.1, 0.15) is 31.1 Å². The second-order valence-electron chi connectivity index (χ2n) is 6.51. The lowest BCUT2D eigenvalue weighted by Crippen LogP contribution is -2.53. The molecule has 3 heterocycles. The molecule has 0 radical (unpaired) electrons. The molecule has 2 aliphatic heterocycles. The van der Waals surface area contributed by atoms with E-state index in [1.807, 2.05) is 0 Å². The molecule has 0 aliphatic carbocycles. The summed E-state index contributed by atoms with van der Waals surface area (Å²) < 4.78 is 0. The lowest BCUT2D eigenvalue weighted by Gasteiger charge is -2.35. The SMILES string of the molecule is O=C(CN1C(=O)c2ccccc2C1=O)N1CCN(C(=O)c2cc[nH]c2)CC1. The third kappa shape index (κ3) is 2.99. The number of aromatic amines is 1. The third-order valence-electron chi connectivity index (χ3n) is 4.94. The molecular weight excluding hydrogens is 348 g/mol. The molecule has 1 saturated heterocycles. The molecule has 0 atom stereocenters. The normalized spacial score (nSPS) is 16.7. The number of H-pyrrole nitrogens is 1. The van der Waals surface area contributed by atoms with Gasteiger partial charge in [0.1, 0.15) is 6.54 Å². The summed E-state index contributed by atoms with van der Waals surface area (Å²) in [6.45, 7) is 1.30. The molecule has 1 N–H and O–H groups in total. The Morgan fingerprint density at radius 2 is 1.48 bits per heavy atom. The van der Waals surface area contributed by atoms with E-state index in [1.165, 1.54) is 0 Å². The van der Waals surface area contributed by atoms with E-state index in [-0.39, 0.29) is 18.4 Å². The van der Waals surface area contributed by atoms with Crippen molar-refractivity contribution < 1.29 is 19.2 Å². The van der Waals surface area contributed by atoms with Crippen LogP contribution in [-0.4, -0.2) is 76.0 Å². The van der Waals surface area contributed by atoms with Gasteiger partial charge >= 0.3 is 0 Å². The summed E-state index contributed by atoms with van der Waals surface area (Å²) in [5.41, 5.74) is 1.25. The number of amides is 4. The van der Waals surface area contributed by atoms with E-state index in [2.05, 4.69) is 4.98 Å². The maximum atomic E-state index is 12.6. The van der Waals surface area contributed by atoms with Crippen molar-refractivity contribution >= 4 is 23.6 Å². The summed E-state index contributed by atoms with van der Waals surface area (Å²) in [4.78, 5) is 56.8. The van der Waals surface area contributed by atoms with Crippen LogP contribution in [0.15, 0.2) is 42.7 Å². The molecule has 1 fully saturated rings. The van der Waals surface area contributed by atoms with E-state index in [4.69, 9.17) is 0 Å². The van der Waals surface area contributed by atoms with Crippen LogP contribution in [-0.2, 0) is 4.79 Å². The van der Waals surface area contributed by atoms with E-state index in [0.717, 1.165) is 4.90 Å². The van der Waals surface area contributed by atoms with Crippen molar-refractivity contribution in [1.82, 2.24) is 19.7 Å². The molecule has 2 aromatic rings. The van der Waals surface area contributed by atoms with Crippen LogP contribution in [0.25, 0.3) is 0 Å². The van der Waals surface area contributed by atoms with Gasteiger partial charge in [0.15, 0.2) is 0 Å². The van der Waals surface area contributed by atoms with Gasteiger partial charge in [-0.15, -0.1) is 0 Å². The Morgan fingerprint density at radius 3 is 2.04 bits per heavy atom. The van der Waals surface area contributed by atoms with Gasteiger partial charge in [0.05, 0.1) is 16.7 Å². The number of aromatic nitrogens is 1. The van der Waals surface area contributed by atoms with Gasteiger partial charge in [-0.05, 0) is 18.2 Å². The molecular formula is C19H18N4O4. The maximum absolute atomic E-state index is 12.6. The minimum absolute atomic E-state index is 0.0799. The molecule has 2 aliphatic rings. The summed E-state index contributed by atoms with van der Waals surface area (Å²) in [5, 5.41) is 0. The van der Waals surface area contributed by atoms with Gasteiger partial charge in [-0.2, -0.15) is 0 Å². The molecule has 27 heavy (non-hydrogen) atoms. The van der Waals surface area contributed by atoms with Crippen molar-refractivity contribution in [1.29, 1.82) is 0 Å². The number of nitrogens with zero attached hydrogens (tertiary/aromatic N) is 3. The second kappa shape index (κ2) is 6.71. The lowest BCUT2D eigenvalue weighted by molar-refractivity contribution is -0.132. The first-order chi connectivity index (χ1) is 13.1. The van der Waals surface area contributed by atoms with Gasteiger partial charge in [0.25, 0.3) is 17.7 Å². The number of imide groups is 1. The summed E-state index contributed by atoms with van der Waals surface area (Å²) in [5.74, 6) is -1.25. The summed E-state index contributed by atoms with van der Waals surface area (Å²) in [6.07, 6.45) is 3.33. The highest BCUT2D eigenvalue weighted by Gasteiger charge is 2.37. The van der Waals surface area contributed by atoms with Gasteiger partial charge in [-0.3, -0.25) is 24.1 Å². The lowest BCUT2D eigenvalue weighted by atomic mass is 10.1. The molecule has 4 amide bonds. The van der Waals surface area contributed by atoms with Crippen molar-refractivity contribution in [3.05, 3.63) is 59.4 Å². The minimum Gasteiger partial charge on any atom is -0.367 e. The van der Waals surface area contributed by atoms with Gasteiger partial charge in [-0.25, -0.2) is 0 Å². The molecule has 0 saturated carbocycles. The van der Waals surface area contributed by atoms with E-state index < -0.39 is 11.8 Å². The summed E-state index contributed by atoms with van der Waals surface area (Å²) in [6, 6.07) is 8.27. The van der Waals surface area contributed by atoms with Gasteiger partial charge in [0.2, 0.25) is 5.91 Å². The number of carbonyl (C=O) groups excluding carboxylic acids is 4. The van der Waals surface area contributed by atoms with E-state index in [9.17, 15) is 19.2 Å². The summed E-state index contributed by atoms with van der Waals surface area (Å²) in [7, 11) is 0. The molecule has 1 aromatic heterocycles. The first kappa shape index (κ1) is 17.0. The fraction of sp³-hybridized carbons (Fsp3) is 0.263. The highest BCUT2D eigenvalue weighted by Crippen LogP contribution is 2.22. The zero-order valence-electron chi connectivity index (χ0n) is 14.6. The number of piperazine rings is 1. The van der Waals surface area contributed by atoms with Crippen LogP contribution >= 0.6 is 0 Å². The molecule has 4 rings (SSSR count). The number of fused-ring (bicyclic) bond motifs is 1. The van der Waals surface area contributed by atoms with Crippen LogP contribution in [0.4, 0.5) is 0 Å². The summed E-state index contributed by atoms with van der Waals surface area (Å²) >= 11 is 0. The first-order valence-corrected chi connectivity index (χ1v) is 8.71. The predicted octanol–water partition coefficient (Wildman–Crippen LogP) is 0.595. The van der Waals surface area contributed by atoms with Crippen LogP contribution in [0, 0.1) is 0 Å². The maximum Gasteiger partial charge on any atom is 0.262 e. The molecule has 8 heteroatoms. The predicted molar refractivity (Wildman–Crippen MR) is 95.1 cm³/mol. The van der Waals surface area contributed by atoms with Crippen LogP contribution in [0.3, 0.4) is 0 Å². The number of carbonyl (C=O) groups is 4. The fourth-order valence-corrected chi connectivity index (χ4v) is 3.42. The van der Waals surface area contributed by atoms with E-state index in [1.54, 1.807) is 52.5 Å². The second-order valence-corrected chi connectivity index (χ2v) is 6.51. The Bertz CT molecular complexity index is 879. The average molecular weight is 366 g/mol. The van der Waals surface area contributed by atoms with Crippen LogP contribution in [0.5, 0.6) is 0 Å². The molecule has 0 spiro atoms.